The number of hydrogen-bond acceptors (Lipinski definition) is 3. The van der Waals surface area contributed by atoms with Crippen molar-refractivity contribution < 1.29 is 14.6 Å². The molecule has 0 aliphatic carbocycles. The summed E-state index contributed by atoms with van der Waals surface area (Å²) in [6.07, 6.45) is 1.72. The van der Waals surface area contributed by atoms with Crippen molar-refractivity contribution in [1.82, 2.24) is 9.38 Å². The Morgan fingerprint density at radius 2 is 1.91 bits per heavy atom. The average molecular weight is 310 g/mol. The molecule has 0 bridgehead atoms. The van der Waals surface area contributed by atoms with Crippen molar-refractivity contribution in [2.45, 2.75) is 27.4 Å². The Morgan fingerprint density at radius 1 is 1.17 bits per heavy atom. The third kappa shape index (κ3) is 2.90. The molecular weight excluding hydrogens is 292 g/mol. The number of fused-ring (bicyclic) bond motifs is 1. The van der Waals surface area contributed by atoms with Crippen molar-refractivity contribution in [3.63, 3.8) is 0 Å². The van der Waals surface area contributed by atoms with Crippen LogP contribution in [-0.2, 0) is 6.61 Å². The molecule has 118 valence electrons. The van der Waals surface area contributed by atoms with Gasteiger partial charge in [0.1, 0.15) is 23.7 Å². The van der Waals surface area contributed by atoms with Crippen molar-refractivity contribution in [2.24, 2.45) is 0 Å². The van der Waals surface area contributed by atoms with Crippen LogP contribution in [-0.4, -0.2) is 20.5 Å². The first-order chi connectivity index (χ1) is 11.0. The molecule has 0 aliphatic heterocycles. The predicted octanol–water partition coefficient (Wildman–Crippen LogP) is 3.54. The molecule has 2 aromatic heterocycles. The van der Waals surface area contributed by atoms with Crippen molar-refractivity contribution >= 4 is 11.6 Å². The number of aromatic nitrogens is 2. The van der Waals surface area contributed by atoms with Crippen LogP contribution in [0.2, 0.25) is 0 Å². The molecule has 1 aromatic carbocycles. The maximum absolute atomic E-state index is 11.6. The standard InChI is InChI=1S/C18H18N2O3/c1-11-4-5-13(3)15(8-11)23-10-14-17(18(21)22)20-7-6-12(2)9-16(20)19-14/h4-9H,10H2,1-3H3,(H,21,22). The van der Waals surface area contributed by atoms with Crippen LogP contribution >= 0.6 is 0 Å². The van der Waals surface area contributed by atoms with E-state index in [-0.39, 0.29) is 12.3 Å². The zero-order valence-electron chi connectivity index (χ0n) is 13.3. The summed E-state index contributed by atoms with van der Waals surface area (Å²) < 4.78 is 7.40. The topological polar surface area (TPSA) is 63.8 Å². The van der Waals surface area contributed by atoms with E-state index in [2.05, 4.69) is 4.98 Å². The number of nitrogens with zero attached hydrogens (tertiary/aromatic N) is 2. The van der Waals surface area contributed by atoms with Gasteiger partial charge in [-0.25, -0.2) is 9.78 Å². The predicted molar refractivity (Wildman–Crippen MR) is 87.1 cm³/mol. The van der Waals surface area contributed by atoms with E-state index in [1.807, 2.05) is 51.1 Å². The molecular formula is C18H18N2O3. The molecule has 0 amide bonds. The molecule has 0 saturated carbocycles. The monoisotopic (exact) mass is 310 g/mol. The first-order valence-corrected chi connectivity index (χ1v) is 7.36. The lowest BCUT2D eigenvalue weighted by Crippen LogP contribution is -2.08. The highest BCUT2D eigenvalue weighted by atomic mass is 16.5. The maximum atomic E-state index is 11.6. The van der Waals surface area contributed by atoms with Gasteiger partial charge in [-0.15, -0.1) is 0 Å². The zero-order valence-corrected chi connectivity index (χ0v) is 13.3. The van der Waals surface area contributed by atoms with Crippen molar-refractivity contribution in [2.75, 3.05) is 0 Å². The Morgan fingerprint density at radius 3 is 2.65 bits per heavy atom. The maximum Gasteiger partial charge on any atom is 0.354 e. The van der Waals surface area contributed by atoms with Crippen LogP contribution in [0.15, 0.2) is 36.5 Å². The van der Waals surface area contributed by atoms with Gasteiger partial charge in [0.2, 0.25) is 0 Å². The number of pyridine rings is 1. The molecule has 0 spiro atoms. The Kier molecular flexibility index (Phi) is 3.78. The lowest BCUT2D eigenvalue weighted by atomic mass is 10.1. The number of ether oxygens (including phenoxy) is 1. The molecule has 23 heavy (non-hydrogen) atoms. The zero-order chi connectivity index (χ0) is 16.6. The van der Waals surface area contributed by atoms with Crippen LogP contribution in [0.4, 0.5) is 0 Å². The van der Waals surface area contributed by atoms with E-state index in [0.717, 1.165) is 22.4 Å². The highest BCUT2D eigenvalue weighted by Crippen LogP contribution is 2.22. The van der Waals surface area contributed by atoms with E-state index in [1.54, 1.807) is 10.6 Å². The van der Waals surface area contributed by atoms with Crippen LogP contribution in [0.5, 0.6) is 5.75 Å². The summed E-state index contributed by atoms with van der Waals surface area (Å²) in [6, 6.07) is 9.65. The summed E-state index contributed by atoms with van der Waals surface area (Å²) in [7, 11) is 0. The number of carboxylic acid groups (broad SMARTS) is 1. The molecule has 0 unspecified atom stereocenters. The summed E-state index contributed by atoms with van der Waals surface area (Å²) in [4.78, 5) is 16.0. The Balaban J connectivity index is 1.97. The highest BCUT2D eigenvalue weighted by molar-refractivity contribution is 5.88. The number of carbonyl (C=O) groups is 1. The van der Waals surface area contributed by atoms with Gasteiger partial charge in [0, 0.05) is 6.20 Å². The molecule has 0 atom stereocenters. The first-order valence-electron chi connectivity index (χ1n) is 7.36. The van der Waals surface area contributed by atoms with E-state index in [4.69, 9.17) is 4.74 Å². The summed E-state index contributed by atoms with van der Waals surface area (Å²) in [6.45, 7) is 6.01. The van der Waals surface area contributed by atoms with Gasteiger partial charge < -0.3 is 9.84 Å². The van der Waals surface area contributed by atoms with E-state index < -0.39 is 5.97 Å². The van der Waals surface area contributed by atoms with Crippen LogP contribution < -0.4 is 4.74 Å². The molecule has 0 radical (unpaired) electrons. The second-order valence-corrected chi connectivity index (χ2v) is 5.70. The number of aryl methyl sites for hydroxylation is 3. The molecule has 3 aromatic rings. The summed E-state index contributed by atoms with van der Waals surface area (Å²) in [5.74, 6) is -0.268. The number of rotatable bonds is 4. The van der Waals surface area contributed by atoms with Gasteiger partial charge in [-0.2, -0.15) is 0 Å². The van der Waals surface area contributed by atoms with Crippen molar-refractivity contribution in [3.8, 4) is 5.75 Å². The van der Waals surface area contributed by atoms with Gasteiger partial charge in [-0.1, -0.05) is 12.1 Å². The fraction of sp³-hybridized carbons (Fsp3) is 0.222. The fourth-order valence-corrected chi connectivity index (χ4v) is 2.53. The van der Waals surface area contributed by atoms with Crippen LogP contribution in [0.25, 0.3) is 5.65 Å². The third-order valence-corrected chi connectivity index (χ3v) is 3.76. The quantitative estimate of drug-likeness (QED) is 0.800. The van der Waals surface area contributed by atoms with Crippen LogP contribution in [0.1, 0.15) is 32.9 Å². The van der Waals surface area contributed by atoms with E-state index in [9.17, 15) is 9.90 Å². The van der Waals surface area contributed by atoms with E-state index in [0.29, 0.717) is 11.3 Å². The summed E-state index contributed by atoms with van der Waals surface area (Å²) >= 11 is 0. The number of benzene rings is 1. The van der Waals surface area contributed by atoms with Gasteiger partial charge in [0.25, 0.3) is 0 Å². The molecule has 1 N–H and O–H groups in total. The van der Waals surface area contributed by atoms with Gasteiger partial charge >= 0.3 is 5.97 Å². The number of imidazole rings is 1. The van der Waals surface area contributed by atoms with E-state index >= 15 is 0 Å². The van der Waals surface area contributed by atoms with Gasteiger partial charge in [-0.3, -0.25) is 4.40 Å². The highest BCUT2D eigenvalue weighted by Gasteiger charge is 2.19. The Labute approximate surface area is 134 Å². The van der Waals surface area contributed by atoms with Gasteiger partial charge in [0.05, 0.1) is 0 Å². The molecule has 0 fully saturated rings. The minimum absolute atomic E-state index is 0.118. The van der Waals surface area contributed by atoms with Gasteiger partial charge in [-0.05, 0) is 55.7 Å². The molecule has 0 saturated heterocycles. The Bertz CT molecular complexity index is 897. The first kappa shape index (κ1) is 15.1. The molecule has 2 heterocycles. The van der Waals surface area contributed by atoms with Crippen molar-refractivity contribution in [1.29, 1.82) is 0 Å². The number of carboxylic acids is 1. The largest absolute Gasteiger partial charge is 0.487 e. The SMILES string of the molecule is Cc1ccc(C)c(OCc2nc3cc(C)ccn3c2C(=O)O)c1. The number of aromatic carboxylic acids is 1. The van der Waals surface area contributed by atoms with Crippen molar-refractivity contribution in [3.05, 3.63) is 64.6 Å². The molecule has 5 nitrogen and oxygen atoms in total. The van der Waals surface area contributed by atoms with Gasteiger partial charge in [0.15, 0.2) is 5.69 Å². The van der Waals surface area contributed by atoms with Crippen LogP contribution in [0, 0.1) is 20.8 Å². The summed E-state index contributed by atoms with van der Waals surface area (Å²) in [5, 5.41) is 9.50. The Hall–Kier alpha value is -2.82. The minimum atomic E-state index is -1.01. The van der Waals surface area contributed by atoms with E-state index in [1.165, 1.54) is 0 Å². The fourth-order valence-electron chi connectivity index (χ4n) is 2.53. The second kappa shape index (κ2) is 5.76. The summed E-state index contributed by atoms with van der Waals surface area (Å²) in [5.41, 5.74) is 4.31. The smallest absolute Gasteiger partial charge is 0.354 e. The second-order valence-electron chi connectivity index (χ2n) is 5.70. The lowest BCUT2D eigenvalue weighted by Gasteiger charge is -2.09. The van der Waals surface area contributed by atoms with Crippen LogP contribution in [0.3, 0.4) is 0 Å². The molecule has 0 aliphatic rings. The average Bonchev–Trinajstić information content (AvgIpc) is 2.85. The molecule has 3 rings (SSSR count). The molecule has 5 heteroatoms. The normalized spacial score (nSPS) is 10.9. The minimum Gasteiger partial charge on any atom is -0.487 e. The third-order valence-electron chi connectivity index (χ3n) is 3.76. The number of hydrogen-bond donors (Lipinski definition) is 1. The lowest BCUT2D eigenvalue weighted by molar-refractivity contribution is 0.0686.